The molecule has 28 heavy (non-hydrogen) atoms. The third-order valence-electron chi connectivity index (χ3n) is 4.86. The first kappa shape index (κ1) is 20.5. The molecular formula is C19H28N6O2S. The zero-order valence-corrected chi connectivity index (χ0v) is 17.5. The predicted octanol–water partition coefficient (Wildman–Crippen LogP) is 1.85. The van der Waals surface area contributed by atoms with Crippen LogP contribution in [0.5, 0.6) is 0 Å². The molecule has 1 aromatic heterocycles. The van der Waals surface area contributed by atoms with E-state index in [0.717, 1.165) is 29.4 Å². The van der Waals surface area contributed by atoms with Crippen LogP contribution in [0, 0.1) is 0 Å². The number of carbonyl (C=O) groups excluding carboxylic acids is 1. The van der Waals surface area contributed by atoms with Crippen molar-refractivity contribution >= 4 is 23.5 Å². The Hall–Kier alpha value is -2.26. The molecule has 1 aromatic carbocycles. The quantitative estimate of drug-likeness (QED) is 0.718. The number of likely N-dealkylation sites (N-methyl/N-ethyl adjacent to an activating group) is 1. The minimum atomic E-state index is -0.218. The van der Waals surface area contributed by atoms with Crippen molar-refractivity contribution in [3.8, 4) is 0 Å². The monoisotopic (exact) mass is 404 g/mol. The van der Waals surface area contributed by atoms with Crippen LogP contribution in [0.4, 0.5) is 10.5 Å². The summed E-state index contributed by atoms with van der Waals surface area (Å²) >= 11 is 1.66. The fraction of sp³-hybridized carbons (Fsp3) is 0.526. The van der Waals surface area contributed by atoms with Crippen LogP contribution in [0.15, 0.2) is 34.0 Å². The van der Waals surface area contributed by atoms with Crippen molar-refractivity contribution in [1.82, 2.24) is 24.6 Å². The van der Waals surface area contributed by atoms with Crippen LogP contribution in [0.25, 0.3) is 0 Å². The minimum Gasteiger partial charge on any atom is -0.335 e. The van der Waals surface area contributed by atoms with Gasteiger partial charge in [0, 0.05) is 36.1 Å². The average molecular weight is 405 g/mol. The van der Waals surface area contributed by atoms with Gasteiger partial charge in [-0.15, -0.1) is 11.8 Å². The van der Waals surface area contributed by atoms with Gasteiger partial charge in [-0.25, -0.2) is 14.3 Å². The third kappa shape index (κ3) is 5.17. The first-order chi connectivity index (χ1) is 13.5. The molecule has 0 spiro atoms. The first-order valence-electron chi connectivity index (χ1n) is 9.49. The number of amides is 2. The zero-order chi connectivity index (χ0) is 20.1. The summed E-state index contributed by atoms with van der Waals surface area (Å²) in [5.74, 6) is 0.807. The smallest absolute Gasteiger partial charge is 0.335 e. The van der Waals surface area contributed by atoms with Gasteiger partial charge < -0.3 is 15.5 Å². The van der Waals surface area contributed by atoms with E-state index in [1.807, 2.05) is 49.5 Å². The number of carbonyl (C=O) groups is 1. The Bertz CT molecular complexity index is 858. The number of aromatic nitrogens is 3. The summed E-state index contributed by atoms with van der Waals surface area (Å²) in [7, 11) is 3.95. The number of fused-ring (bicyclic) bond motifs is 1. The Balaban J connectivity index is 1.54. The maximum absolute atomic E-state index is 12.5. The van der Waals surface area contributed by atoms with Crippen molar-refractivity contribution in [1.29, 1.82) is 0 Å². The highest BCUT2D eigenvalue weighted by Crippen LogP contribution is 2.17. The molecule has 8 nitrogen and oxygen atoms in total. The minimum absolute atomic E-state index is 0.0156. The number of hydrogen-bond donors (Lipinski definition) is 2. The van der Waals surface area contributed by atoms with Crippen molar-refractivity contribution in [3.05, 3.63) is 40.6 Å². The van der Waals surface area contributed by atoms with E-state index >= 15 is 0 Å². The van der Waals surface area contributed by atoms with Gasteiger partial charge in [-0.1, -0.05) is 0 Å². The Morgan fingerprint density at radius 2 is 2.04 bits per heavy atom. The van der Waals surface area contributed by atoms with Gasteiger partial charge in [0.1, 0.15) is 5.82 Å². The second-order valence-corrected chi connectivity index (χ2v) is 8.11. The lowest BCUT2D eigenvalue weighted by Gasteiger charge is -2.16. The topological polar surface area (TPSA) is 84.2 Å². The molecule has 0 radical (unpaired) electrons. The molecule has 1 unspecified atom stereocenters. The molecule has 0 aliphatic carbocycles. The fourth-order valence-corrected chi connectivity index (χ4v) is 3.65. The normalized spacial score (nSPS) is 16.5. The van der Waals surface area contributed by atoms with Crippen LogP contribution in [0.1, 0.15) is 18.7 Å². The lowest BCUT2D eigenvalue weighted by atomic mass is 10.1. The van der Waals surface area contributed by atoms with Gasteiger partial charge in [0.15, 0.2) is 0 Å². The highest BCUT2D eigenvalue weighted by atomic mass is 32.2. The largest absolute Gasteiger partial charge is 0.345 e. The summed E-state index contributed by atoms with van der Waals surface area (Å²) in [6, 6.07) is 7.54. The Morgan fingerprint density at radius 1 is 1.29 bits per heavy atom. The van der Waals surface area contributed by atoms with Crippen molar-refractivity contribution in [2.24, 2.45) is 0 Å². The van der Waals surface area contributed by atoms with Gasteiger partial charge >= 0.3 is 11.7 Å². The van der Waals surface area contributed by atoms with Crippen molar-refractivity contribution in [2.45, 2.75) is 43.3 Å². The van der Waals surface area contributed by atoms with Crippen LogP contribution in [0.2, 0.25) is 0 Å². The molecule has 3 rings (SSSR count). The van der Waals surface area contributed by atoms with E-state index in [0.29, 0.717) is 25.9 Å². The molecule has 2 amide bonds. The van der Waals surface area contributed by atoms with Gasteiger partial charge in [-0.3, -0.25) is 4.57 Å². The van der Waals surface area contributed by atoms with E-state index in [1.54, 1.807) is 21.0 Å². The molecule has 0 saturated carbocycles. The Labute approximate surface area is 169 Å². The van der Waals surface area contributed by atoms with Gasteiger partial charge in [-0.2, -0.15) is 5.10 Å². The van der Waals surface area contributed by atoms with Crippen molar-refractivity contribution in [2.75, 3.05) is 32.2 Å². The lowest BCUT2D eigenvalue weighted by molar-refractivity contribution is 0.247. The number of nitrogens with zero attached hydrogens (tertiary/aromatic N) is 4. The Morgan fingerprint density at radius 3 is 2.71 bits per heavy atom. The number of benzene rings is 1. The van der Waals surface area contributed by atoms with Gasteiger partial charge in [-0.05, 0) is 57.5 Å². The summed E-state index contributed by atoms with van der Waals surface area (Å²) in [6.07, 6.45) is 4.18. The number of hydrogen-bond acceptors (Lipinski definition) is 5. The second-order valence-electron chi connectivity index (χ2n) is 7.23. The lowest BCUT2D eigenvalue weighted by Crippen LogP contribution is -2.38. The summed E-state index contributed by atoms with van der Waals surface area (Å²) < 4.78 is 3.30. The molecule has 0 fully saturated rings. The van der Waals surface area contributed by atoms with E-state index in [-0.39, 0.29) is 17.8 Å². The third-order valence-corrected chi connectivity index (χ3v) is 5.60. The zero-order valence-electron chi connectivity index (χ0n) is 16.6. The maximum Gasteiger partial charge on any atom is 0.345 e. The molecule has 2 N–H and O–H groups in total. The molecule has 2 heterocycles. The van der Waals surface area contributed by atoms with Crippen molar-refractivity contribution in [3.63, 3.8) is 0 Å². The van der Waals surface area contributed by atoms with Crippen LogP contribution in [0.3, 0.4) is 0 Å². The maximum atomic E-state index is 12.5. The fourth-order valence-electron chi connectivity index (χ4n) is 3.24. The molecule has 152 valence electrons. The highest BCUT2D eigenvalue weighted by molar-refractivity contribution is 7.98. The number of aryl methyl sites for hydroxylation is 1. The SMILES string of the molecule is CSc1ccc(NC(=O)NC2CCc3nn(CCN(C)C)c(=O)n3CC2)cc1. The summed E-state index contributed by atoms with van der Waals surface area (Å²) in [4.78, 5) is 28.0. The second kappa shape index (κ2) is 9.29. The van der Waals surface area contributed by atoms with Crippen molar-refractivity contribution < 1.29 is 4.79 Å². The molecule has 9 heteroatoms. The predicted molar refractivity (Wildman–Crippen MR) is 112 cm³/mol. The van der Waals surface area contributed by atoms with Gasteiger partial charge in [0.05, 0.1) is 6.54 Å². The number of thioether (sulfide) groups is 1. The number of rotatable bonds is 6. The van der Waals surface area contributed by atoms with E-state index in [4.69, 9.17) is 0 Å². The number of urea groups is 1. The molecular weight excluding hydrogens is 376 g/mol. The van der Waals surface area contributed by atoms with Crippen LogP contribution >= 0.6 is 11.8 Å². The highest BCUT2D eigenvalue weighted by Gasteiger charge is 2.22. The number of anilines is 1. The molecule has 0 bridgehead atoms. The van der Waals surface area contributed by atoms with E-state index in [9.17, 15) is 9.59 Å². The van der Waals surface area contributed by atoms with Gasteiger partial charge in [0.25, 0.3) is 0 Å². The molecule has 2 aromatic rings. The summed E-state index contributed by atoms with van der Waals surface area (Å²) in [6.45, 7) is 1.94. The molecule has 0 saturated heterocycles. The first-order valence-corrected chi connectivity index (χ1v) is 10.7. The van der Waals surface area contributed by atoms with E-state index in [1.165, 1.54) is 0 Å². The summed E-state index contributed by atoms with van der Waals surface area (Å²) in [5.41, 5.74) is 0.705. The summed E-state index contributed by atoms with van der Waals surface area (Å²) in [5, 5.41) is 10.4. The van der Waals surface area contributed by atoms with E-state index < -0.39 is 0 Å². The standard InChI is InChI=1S/C19H28N6O2S/c1-23(2)12-13-25-19(27)24-11-10-15(6-9-17(24)22-25)21-18(26)20-14-4-7-16(28-3)8-5-14/h4-5,7-8,15H,6,9-13H2,1-3H3,(H2,20,21,26). The van der Waals surface area contributed by atoms with Crippen LogP contribution in [-0.2, 0) is 19.5 Å². The molecule has 1 aliphatic rings. The van der Waals surface area contributed by atoms with Crippen LogP contribution in [-0.4, -0.2) is 58.2 Å². The van der Waals surface area contributed by atoms with Gasteiger partial charge in [0.2, 0.25) is 0 Å². The number of nitrogens with one attached hydrogen (secondary N) is 2. The Kier molecular flexibility index (Phi) is 6.79. The molecule has 1 aliphatic heterocycles. The van der Waals surface area contributed by atoms with E-state index in [2.05, 4.69) is 15.7 Å². The molecule has 1 atom stereocenters. The van der Waals surface area contributed by atoms with Crippen LogP contribution < -0.4 is 16.3 Å². The average Bonchev–Trinajstić information content (AvgIpc) is 2.83.